The van der Waals surface area contributed by atoms with Gasteiger partial charge in [-0.25, -0.2) is 4.68 Å². The number of carbonyl (C=O) groups is 1. The molecule has 0 spiro atoms. The van der Waals surface area contributed by atoms with E-state index in [4.69, 9.17) is 27.9 Å². The maximum atomic E-state index is 12.3. The minimum absolute atomic E-state index is 0.241. The first-order chi connectivity index (χ1) is 12.6. The highest BCUT2D eigenvalue weighted by molar-refractivity contribution is 6.35. The predicted octanol–water partition coefficient (Wildman–Crippen LogP) is 3.83. The van der Waals surface area contributed by atoms with Crippen molar-refractivity contribution in [3.63, 3.8) is 0 Å². The fraction of sp³-hybridized carbons (Fsp3) is 0.176. The number of ether oxygens (including phenoxy) is 1. The van der Waals surface area contributed by atoms with Gasteiger partial charge in [0, 0.05) is 17.1 Å². The first kappa shape index (κ1) is 18.2. The van der Waals surface area contributed by atoms with Gasteiger partial charge in [-0.15, -0.1) is 5.10 Å². The molecule has 134 valence electrons. The van der Waals surface area contributed by atoms with Gasteiger partial charge in [0.25, 0.3) is 5.91 Å². The summed E-state index contributed by atoms with van der Waals surface area (Å²) in [6, 6.07) is 11.6. The van der Waals surface area contributed by atoms with E-state index in [0.717, 1.165) is 0 Å². The molecule has 1 aromatic heterocycles. The highest BCUT2D eigenvalue weighted by Crippen LogP contribution is 2.26. The van der Waals surface area contributed by atoms with Gasteiger partial charge in [0.15, 0.2) is 5.82 Å². The van der Waals surface area contributed by atoms with Crippen LogP contribution in [-0.2, 0) is 13.2 Å². The Morgan fingerprint density at radius 2 is 1.96 bits per heavy atom. The summed E-state index contributed by atoms with van der Waals surface area (Å²) < 4.78 is 7.30. The third-order valence-corrected chi connectivity index (χ3v) is 4.13. The normalized spacial score (nSPS) is 10.6. The van der Waals surface area contributed by atoms with E-state index < -0.39 is 0 Å². The van der Waals surface area contributed by atoms with Gasteiger partial charge >= 0.3 is 0 Å². The molecule has 3 aromatic rings. The number of nitrogens with zero attached hydrogens (tertiary/aromatic N) is 4. The maximum absolute atomic E-state index is 12.3. The average molecular weight is 392 g/mol. The van der Waals surface area contributed by atoms with Crippen LogP contribution in [0.3, 0.4) is 0 Å². The molecule has 1 N–H and O–H groups in total. The number of tetrazole rings is 1. The standard InChI is InChI=1S/C17H15Cl2N5O2/c1-2-24-16(21-22-23-24)10-26-13-6-3-11(4-7-13)17(25)20-15-9-12(18)5-8-14(15)19/h3-9H,2,10H2,1H3,(H,20,25). The average Bonchev–Trinajstić information content (AvgIpc) is 3.11. The quantitative estimate of drug-likeness (QED) is 0.690. The lowest BCUT2D eigenvalue weighted by Gasteiger charge is -2.09. The minimum Gasteiger partial charge on any atom is -0.486 e. The molecule has 1 amide bonds. The lowest BCUT2D eigenvalue weighted by atomic mass is 10.2. The second kappa shape index (κ2) is 8.16. The summed E-state index contributed by atoms with van der Waals surface area (Å²) >= 11 is 12.0. The van der Waals surface area contributed by atoms with Crippen molar-refractivity contribution in [3.05, 3.63) is 63.9 Å². The molecule has 26 heavy (non-hydrogen) atoms. The third kappa shape index (κ3) is 4.30. The second-order valence-corrected chi connectivity index (χ2v) is 6.15. The zero-order valence-electron chi connectivity index (χ0n) is 13.8. The smallest absolute Gasteiger partial charge is 0.255 e. The van der Waals surface area contributed by atoms with Gasteiger partial charge in [-0.3, -0.25) is 4.79 Å². The van der Waals surface area contributed by atoms with Crippen LogP contribution >= 0.6 is 23.2 Å². The Morgan fingerprint density at radius 1 is 1.19 bits per heavy atom. The summed E-state index contributed by atoms with van der Waals surface area (Å²) in [6.45, 7) is 2.85. The Labute approximate surface area is 159 Å². The van der Waals surface area contributed by atoms with E-state index in [1.807, 2.05) is 6.92 Å². The maximum Gasteiger partial charge on any atom is 0.255 e. The van der Waals surface area contributed by atoms with Crippen LogP contribution < -0.4 is 10.1 Å². The molecule has 0 aliphatic rings. The molecule has 0 bridgehead atoms. The van der Waals surface area contributed by atoms with Gasteiger partial charge in [-0.05, 0) is 59.8 Å². The van der Waals surface area contributed by atoms with E-state index in [0.29, 0.717) is 39.4 Å². The molecule has 0 saturated carbocycles. The van der Waals surface area contributed by atoms with E-state index in [-0.39, 0.29) is 12.5 Å². The summed E-state index contributed by atoms with van der Waals surface area (Å²) in [7, 11) is 0. The van der Waals surface area contributed by atoms with Gasteiger partial charge in [-0.2, -0.15) is 0 Å². The van der Waals surface area contributed by atoms with Crippen molar-refractivity contribution in [1.82, 2.24) is 20.2 Å². The Balaban J connectivity index is 1.63. The largest absolute Gasteiger partial charge is 0.486 e. The van der Waals surface area contributed by atoms with Gasteiger partial charge in [0.2, 0.25) is 0 Å². The second-order valence-electron chi connectivity index (χ2n) is 5.30. The molecule has 2 aromatic carbocycles. The molecular weight excluding hydrogens is 377 g/mol. The third-order valence-electron chi connectivity index (χ3n) is 3.57. The van der Waals surface area contributed by atoms with Gasteiger partial charge in [0.1, 0.15) is 12.4 Å². The Hall–Kier alpha value is -2.64. The molecule has 0 aliphatic carbocycles. The molecule has 0 atom stereocenters. The molecular formula is C17H15Cl2N5O2. The number of amides is 1. The number of hydrogen-bond acceptors (Lipinski definition) is 5. The van der Waals surface area contributed by atoms with Crippen LogP contribution in [0.2, 0.25) is 10.0 Å². The summed E-state index contributed by atoms with van der Waals surface area (Å²) in [5, 5.41) is 15.0. The molecule has 3 rings (SSSR count). The number of nitrogens with one attached hydrogen (secondary N) is 1. The van der Waals surface area contributed by atoms with Gasteiger partial charge < -0.3 is 10.1 Å². The zero-order valence-corrected chi connectivity index (χ0v) is 15.3. The van der Waals surface area contributed by atoms with Crippen LogP contribution in [0.1, 0.15) is 23.1 Å². The first-order valence-corrected chi connectivity index (χ1v) is 8.56. The van der Waals surface area contributed by atoms with Crippen molar-refractivity contribution in [1.29, 1.82) is 0 Å². The number of aryl methyl sites for hydroxylation is 1. The number of aromatic nitrogens is 4. The van der Waals surface area contributed by atoms with Crippen molar-refractivity contribution in [3.8, 4) is 5.75 Å². The lowest BCUT2D eigenvalue weighted by molar-refractivity contribution is 0.102. The number of halogens is 2. The number of benzene rings is 2. The topological polar surface area (TPSA) is 81.9 Å². The fourth-order valence-corrected chi connectivity index (χ4v) is 2.55. The molecule has 0 unspecified atom stereocenters. The van der Waals surface area contributed by atoms with Crippen LogP contribution in [0.15, 0.2) is 42.5 Å². The van der Waals surface area contributed by atoms with Gasteiger partial charge in [-0.1, -0.05) is 23.2 Å². The minimum atomic E-state index is -0.296. The number of hydrogen-bond donors (Lipinski definition) is 1. The Kier molecular flexibility index (Phi) is 5.70. The van der Waals surface area contributed by atoms with Crippen molar-refractivity contribution in [2.45, 2.75) is 20.1 Å². The Bertz CT molecular complexity index is 912. The van der Waals surface area contributed by atoms with E-state index in [1.54, 1.807) is 47.1 Å². The molecule has 7 nitrogen and oxygen atoms in total. The molecule has 0 saturated heterocycles. The van der Waals surface area contributed by atoms with Crippen molar-refractivity contribution in [2.75, 3.05) is 5.32 Å². The molecule has 1 heterocycles. The zero-order chi connectivity index (χ0) is 18.5. The summed E-state index contributed by atoms with van der Waals surface area (Å²) in [6.07, 6.45) is 0. The molecule has 0 radical (unpaired) electrons. The summed E-state index contributed by atoms with van der Waals surface area (Å²) in [5.41, 5.74) is 0.919. The first-order valence-electron chi connectivity index (χ1n) is 7.81. The SMILES string of the molecule is CCn1nnnc1COc1ccc(C(=O)Nc2cc(Cl)ccc2Cl)cc1. The monoisotopic (exact) mass is 391 g/mol. The number of anilines is 1. The highest BCUT2D eigenvalue weighted by Gasteiger charge is 2.10. The van der Waals surface area contributed by atoms with Crippen molar-refractivity contribution in [2.24, 2.45) is 0 Å². The highest BCUT2D eigenvalue weighted by atomic mass is 35.5. The summed E-state index contributed by atoms with van der Waals surface area (Å²) in [5.74, 6) is 0.938. The van der Waals surface area contributed by atoms with E-state index >= 15 is 0 Å². The van der Waals surface area contributed by atoms with E-state index in [1.165, 1.54) is 0 Å². The van der Waals surface area contributed by atoms with Crippen LogP contribution in [0.25, 0.3) is 0 Å². The Morgan fingerprint density at radius 3 is 2.69 bits per heavy atom. The lowest BCUT2D eigenvalue weighted by Crippen LogP contribution is -2.12. The van der Waals surface area contributed by atoms with Crippen molar-refractivity contribution >= 4 is 34.8 Å². The van der Waals surface area contributed by atoms with Gasteiger partial charge in [0.05, 0.1) is 10.7 Å². The fourth-order valence-electron chi connectivity index (χ4n) is 2.21. The van der Waals surface area contributed by atoms with Crippen LogP contribution in [0.5, 0.6) is 5.75 Å². The molecule has 0 fully saturated rings. The molecule has 0 aliphatic heterocycles. The van der Waals surface area contributed by atoms with Crippen molar-refractivity contribution < 1.29 is 9.53 Å². The van der Waals surface area contributed by atoms with Crippen LogP contribution in [-0.4, -0.2) is 26.1 Å². The van der Waals surface area contributed by atoms with E-state index in [2.05, 4.69) is 20.8 Å². The summed E-state index contributed by atoms with van der Waals surface area (Å²) in [4.78, 5) is 12.3. The van der Waals surface area contributed by atoms with Crippen LogP contribution in [0.4, 0.5) is 5.69 Å². The van der Waals surface area contributed by atoms with E-state index in [9.17, 15) is 4.79 Å². The van der Waals surface area contributed by atoms with Crippen LogP contribution in [0, 0.1) is 0 Å². The number of carbonyl (C=O) groups excluding carboxylic acids is 1. The molecule has 9 heteroatoms. The predicted molar refractivity (Wildman–Crippen MR) is 98.7 cm³/mol. The number of rotatable bonds is 6.